The topological polar surface area (TPSA) is 91.2 Å². The molecule has 0 saturated heterocycles. The highest BCUT2D eigenvalue weighted by molar-refractivity contribution is 7.07. The van der Waals surface area contributed by atoms with E-state index < -0.39 is 6.04 Å². The first-order valence-electron chi connectivity index (χ1n) is 14.6. The molecule has 0 spiro atoms. The van der Waals surface area contributed by atoms with Gasteiger partial charge in [0.2, 0.25) is 0 Å². The average Bonchev–Trinajstić information content (AvgIpc) is 3.37. The number of rotatable bonds is 9. The van der Waals surface area contributed by atoms with E-state index in [1.54, 1.807) is 67.1 Å². The zero-order valence-corrected chi connectivity index (χ0v) is 29.0. The van der Waals surface area contributed by atoms with Crippen LogP contribution in [-0.4, -0.2) is 24.7 Å². The van der Waals surface area contributed by atoms with Crippen molar-refractivity contribution < 1.29 is 19.0 Å². The lowest BCUT2D eigenvalue weighted by Crippen LogP contribution is -2.40. The molecule has 48 heavy (non-hydrogen) atoms. The Labute approximate surface area is 295 Å². The quantitative estimate of drug-likeness (QED) is 0.171. The fourth-order valence-corrected chi connectivity index (χ4v) is 7.15. The molecule has 0 fully saturated rings. The maximum atomic E-state index is 14.2. The number of nitrogens with one attached hydrogen (secondary N) is 1. The van der Waals surface area contributed by atoms with Gasteiger partial charge in [-0.05, 0) is 72.7 Å². The highest BCUT2D eigenvalue weighted by Gasteiger charge is 2.33. The van der Waals surface area contributed by atoms with Crippen molar-refractivity contribution in [3.8, 4) is 17.2 Å². The summed E-state index contributed by atoms with van der Waals surface area (Å²) in [5, 5.41) is 4.22. The summed E-state index contributed by atoms with van der Waals surface area (Å²) in [6.45, 7) is 1.90. The SMILES string of the molecule is COc1cccc([C@H]2C(C(=O)Nc3ccccc3)=C(C)N=c3s/c(=C\c4cc(Cl)c(OCc5ccc(Cl)cc5Cl)c(OC)c4)c(=O)n32)c1. The maximum Gasteiger partial charge on any atom is 0.271 e. The number of methoxy groups -OCH3 is 2. The van der Waals surface area contributed by atoms with Gasteiger partial charge in [0, 0.05) is 21.3 Å². The molecule has 0 aliphatic carbocycles. The lowest BCUT2D eigenvalue weighted by Gasteiger charge is -2.25. The summed E-state index contributed by atoms with van der Waals surface area (Å²) in [5.41, 5.74) is 3.17. The number of carbonyl (C=O) groups excluding carboxylic acids is 1. The van der Waals surface area contributed by atoms with Gasteiger partial charge in [0.15, 0.2) is 16.3 Å². The molecule has 1 aromatic heterocycles. The molecule has 1 aliphatic heterocycles. The number of aromatic nitrogens is 1. The van der Waals surface area contributed by atoms with E-state index in [0.717, 1.165) is 5.56 Å². The second-order valence-electron chi connectivity index (χ2n) is 10.7. The van der Waals surface area contributed by atoms with E-state index in [4.69, 9.17) is 54.0 Å². The monoisotopic (exact) mass is 719 g/mol. The zero-order valence-electron chi connectivity index (χ0n) is 25.9. The summed E-state index contributed by atoms with van der Waals surface area (Å²) < 4.78 is 19.0. The predicted octanol–water partition coefficient (Wildman–Crippen LogP) is 7.43. The summed E-state index contributed by atoms with van der Waals surface area (Å²) in [5.74, 6) is 0.925. The average molecular weight is 721 g/mol. The number of hydrogen-bond donors (Lipinski definition) is 1. The number of nitrogens with zero attached hydrogens (tertiary/aromatic N) is 2. The van der Waals surface area contributed by atoms with Crippen LogP contribution in [0.25, 0.3) is 6.08 Å². The molecule has 1 atom stereocenters. The predicted molar refractivity (Wildman–Crippen MR) is 191 cm³/mol. The summed E-state index contributed by atoms with van der Waals surface area (Å²) >= 11 is 20.2. The van der Waals surface area contributed by atoms with E-state index in [1.807, 2.05) is 42.5 Å². The molecule has 6 rings (SSSR count). The fourth-order valence-electron chi connectivity index (χ4n) is 5.36. The molecule has 0 radical (unpaired) electrons. The number of anilines is 1. The van der Waals surface area contributed by atoms with E-state index in [1.165, 1.54) is 18.4 Å². The molecule has 0 bridgehead atoms. The number of hydrogen-bond acceptors (Lipinski definition) is 7. The van der Waals surface area contributed by atoms with Crippen LogP contribution in [0, 0.1) is 0 Å². The second kappa shape index (κ2) is 14.3. The van der Waals surface area contributed by atoms with Gasteiger partial charge in [0.25, 0.3) is 11.5 Å². The van der Waals surface area contributed by atoms with Gasteiger partial charge in [-0.1, -0.05) is 82.5 Å². The molecule has 244 valence electrons. The van der Waals surface area contributed by atoms with Crippen LogP contribution in [0.1, 0.15) is 29.7 Å². The molecule has 5 aromatic rings. The normalized spacial score (nSPS) is 14.3. The second-order valence-corrected chi connectivity index (χ2v) is 13.0. The maximum absolute atomic E-state index is 14.2. The molecular weight excluding hydrogens is 693 g/mol. The first kappa shape index (κ1) is 33.4. The smallest absolute Gasteiger partial charge is 0.271 e. The molecule has 1 amide bonds. The van der Waals surface area contributed by atoms with Gasteiger partial charge < -0.3 is 19.5 Å². The first-order chi connectivity index (χ1) is 23.2. The van der Waals surface area contributed by atoms with Crippen molar-refractivity contribution in [3.05, 3.63) is 148 Å². The highest BCUT2D eigenvalue weighted by Crippen LogP contribution is 2.38. The van der Waals surface area contributed by atoms with Gasteiger partial charge in [0.1, 0.15) is 12.4 Å². The van der Waals surface area contributed by atoms with Crippen LogP contribution in [0.4, 0.5) is 5.69 Å². The number of ether oxygens (including phenoxy) is 3. The number of para-hydroxylation sites is 1. The third kappa shape index (κ3) is 6.86. The van der Waals surface area contributed by atoms with E-state index in [-0.39, 0.29) is 23.1 Å². The number of amides is 1. The lowest BCUT2D eigenvalue weighted by molar-refractivity contribution is -0.113. The third-order valence-electron chi connectivity index (χ3n) is 7.64. The Bertz CT molecular complexity index is 2250. The number of benzene rings is 4. The van der Waals surface area contributed by atoms with Crippen molar-refractivity contribution in [2.45, 2.75) is 19.6 Å². The molecule has 1 aliphatic rings. The zero-order chi connectivity index (χ0) is 33.9. The van der Waals surface area contributed by atoms with Gasteiger partial charge in [0.05, 0.1) is 41.1 Å². The Kier molecular flexibility index (Phi) is 9.93. The molecule has 4 aromatic carbocycles. The highest BCUT2D eigenvalue weighted by atomic mass is 35.5. The molecule has 2 heterocycles. The summed E-state index contributed by atoms with van der Waals surface area (Å²) in [4.78, 5) is 33.2. The molecule has 8 nitrogen and oxygen atoms in total. The van der Waals surface area contributed by atoms with Crippen LogP contribution in [0.3, 0.4) is 0 Å². The van der Waals surface area contributed by atoms with Crippen LogP contribution >= 0.6 is 46.1 Å². The Balaban J connectivity index is 1.41. The fraction of sp³-hybridized carbons (Fsp3) is 0.139. The first-order valence-corrected chi connectivity index (χ1v) is 16.6. The van der Waals surface area contributed by atoms with Crippen LogP contribution in [-0.2, 0) is 11.4 Å². The molecule has 0 saturated carbocycles. The van der Waals surface area contributed by atoms with Gasteiger partial charge in [-0.15, -0.1) is 0 Å². The third-order valence-corrected chi connectivity index (χ3v) is 9.49. The Morgan fingerprint density at radius 3 is 2.48 bits per heavy atom. The van der Waals surface area contributed by atoms with Crippen LogP contribution in [0.5, 0.6) is 17.2 Å². The lowest BCUT2D eigenvalue weighted by atomic mass is 9.95. The van der Waals surface area contributed by atoms with E-state index >= 15 is 0 Å². The van der Waals surface area contributed by atoms with Crippen molar-refractivity contribution in [2.75, 3.05) is 19.5 Å². The number of allylic oxidation sites excluding steroid dienone is 1. The molecular formula is C36H28Cl3N3O5S. The van der Waals surface area contributed by atoms with Crippen LogP contribution in [0.15, 0.2) is 106 Å². The molecule has 1 N–H and O–H groups in total. The minimum absolute atomic E-state index is 0.133. The van der Waals surface area contributed by atoms with E-state index in [2.05, 4.69) is 5.32 Å². The van der Waals surface area contributed by atoms with Crippen LogP contribution < -0.4 is 34.4 Å². The van der Waals surface area contributed by atoms with E-state index in [0.29, 0.717) is 64.7 Å². The van der Waals surface area contributed by atoms with Crippen molar-refractivity contribution in [2.24, 2.45) is 4.99 Å². The van der Waals surface area contributed by atoms with Crippen molar-refractivity contribution >= 4 is 63.8 Å². The van der Waals surface area contributed by atoms with Gasteiger partial charge in [-0.2, -0.15) is 0 Å². The van der Waals surface area contributed by atoms with Crippen molar-refractivity contribution in [1.29, 1.82) is 0 Å². The van der Waals surface area contributed by atoms with Crippen molar-refractivity contribution in [3.63, 3.8) is 0 Å². The number of fused-ring (bicyclic) bond motifs is 1. The number of thiazole rings is 1. The minimum Gasteiger partial charge on any atom is -0.497 e. The Morgan fingerprint density at radius 1 is 0.958 bits per heavy atom. The molecule has 12 heteroatoms. The van der Waals surface area contributed by atoms with Crippen LogP contribution in [0.2, 0.25) is 15.1 Å². The van der Waals surface area contributed by atoms with Gasteiger partial charge in [-0.25, -0.2) is 4.99 Å². The summed E-state index contributed by atoms with van der Waals surface area (Å²) in [6.07, 6.45) is 1.71. The summed E-state index contributed by atoms with van der Waals surface area (Å²) in [7, 11) is 3.07. The van der Waals surface area contributed by atoms with E-state index in [9.17, 15) is 9.59 Å². The largest absolute Gasteiger partial charge is 0.497 e. The molecule has 0 unspecified atom stereocenters. The summed E-state index contributed by atoms with van der Waals surface area (Å²) in [6, 6.07) is 24.2. The minimum atomic E-state index is -0.768. The van der Waals surface area contributed by atoms with Crippen molar-refractivity contribution in [1.82, 2.24) is 4.57 Å². The number of carbonyl (C=O) groups is 1. The van der Waals surface area contributed by atoms with Gasteiger partial charge >= 0.3 is 0 Å². The number of halogens is 3. The Morgan fingerprint density at radius 2 is 1.75 bits per heavy atom. The Hall–Kier alpha value is -4.54. The van der Waals surface area contributed by atoms with Gasteiger partial charge in [-0.3, -0.25) is 14.2 Å². The standard InChI is InChI=1S/C36H28Cl3N3O5S/c1-20-31(34(43)41-25-9-5-4-6-10-25)32(22-8-7-11-26(17-22)45-2)42-35(44)30(48-36(42)40-20)16-21-14-28(39)33(29(15-21)46-3)47-19-23-12-13-24(37)18-27(23)38/h4-18,32H,19H2,1-3H3,(H,41,43)/b30-16-/t32-/m0/s1.